The standard InChI is InChI=1S/C21H27ClN4O2.HI/c1-3-23-20(27)15-28-19-7-5-6-17(12-19)14-26-21(24-4-2)25-13-16-8-10-18(22)11-9-16;/h5-12H,3-4,13-15H2,1-2H3,(H,23,27)(H2,24,25,26);1H. The third-order valence-corrected chi connectivity index (χ3v) is 4.03. The molecule has 0 unspecified atom stereocenters. The zero-order valence-electron chi connectivity index (χ0n) is 16.7. The summed E-state index contributed by atoms with van der Waals surface area (Å²) in [4.78, 5) is 16.1. The van der Waals surface area contributed by atoms with Gasteiger partial charge in [0.25, 0.3) is 5.91 Å². The van der Waals surface area contributed by atoms with Crippen LogP contribution in [0, 0.1) is 0 Å². The molecular weight excluding hydrogens is 503 g/mol. The van der Waals surface area contributed by atoms with E-state index in [1.165, 1.54) is 0 Å². The molecule has 29 heavy (non-hydrogen) atoms. The molecule has 2 aromatic rings. The summed E-state index contributed by atoms with van der Waals surface area (Å²) >= 11 is 5.92. The monoisotopic (exact) mass is 530 g/mol. The van der Waals surface area contributed by atoms with Crippen LogP contribution in [0.3, 0.4) is 0 Å². The fraction of sp³-hybridized carbons (Fsp3) is 0.333. The van der Waals surface area contributed by atoms with Crippen molar-refractivity contribution in [1.82, 2.24) is 16.0 Å². The number of rotatable bonds is 9. The van der Waals surface area contributed by atoms with E-state index in [9.17, 15) is 4.79 Å². The number of carbonyl (C=O) groups is 1. The van der Waals surface area contributed by atoms with Crippen molar-refractivity contribution in [3.63, 3.8) is 0 Å². The second kappa shape index (κ2) is 14.1. The second-order valence-corrected chi connectivity index (χ2v) is 6.50. The van der Waals surface area contributed by atoms with Gasteiger partial charge in [0.1, 0.15) is 5.75 Å². The van der Waals surface area contributed by atoms with E-state index >= 15 is 0 Å². The van der Waals surface area contributed by atoms with Gasteiger partial charge in [-0.2, -0.15) is 0 Å². The average Bonchev–Trinajstić information content (AvgIpc) is 2.70. The number of nitrogens with zero attached hydrogens (tertiary/aromatic N) is 1. The number of guanidine groups is 1. The largest absolute Gasteiger partial charge is 0.484 e. The molecule has 1 amide bonds. The number of amides is 1. The number of carbonyl (C=O) groups excluding carboxylic acids is 1. The molecule has 0 fully saturated rings. The van der Waals surface area contributed by atoms with Crippen molar-refractivity contribution in [2.75, 3.05) is 19.7 Å². The van der Waals surface area contributed by atoms with Gasteiger partial charge in [-0.1, -0.05) is 35.9 Å². The SMILES string of the molecule is CCNC(=O)COc1cccc(CN=C(NCC)NCc2ccc(Cl)cc2)c1.I. The first-order valence-electron chi connectivity index (χ1n) is 9.35. The molecule has 0 heterocycles. The highest BCUT2D eigenvalue weighted by molar-refractivity contribution is 14.0. The molecule has 0 bridgehead atoms. The molecular formula is C21H28ClIN4O2. The highest BCUT2D eigenvalue weighted by Gasteiger charge is 2.03. The molecule has 3 N–H and O–H groups in total. The van der Waals surface area contributed by atoms with Gasteiger partial charge in [-0.15, -0.1) is 24.0 Å². The van der Waals surface area contributed by atoms with E-state index < -0.39 is 0 Å². The molecule has 8 heteroatoms. The summed E-state index contributed by atoms with van der Waals surface area (Å²) in [5, 5.41) is 9.97. The lowest BCUT2D eigenvalue weighted by Crippen LogP contribution is -2.36. The molecule has 0 radical (unpaired) electrons. The predicted octanol–water partition coefficient (Wildman–Crippen LogP) is 3.73. The van der Waals surface area contributed by atoms with Crippen molar-refractivity contribution >= 4 is 47.4 Å². The Morgan fingerprint density at radius 3 is 2.41 bits per heavy atom. The van der Waals surface area contributed by atoms with Gasteiger partial charge in [-0.25, -0.2) is 4.99 Å². The van der Waals surface area contributed by atoms with E-state index in [-0.39, 0.29) is 36.5 Å². The highest BCUT2D eigenvalue weighted by Crippen LogP contribution is 2.14. The Bertz CT molecular complexity index is 785. The maximum atomic E-state index is 11.5. The lowest BCUT2D eigenvalue weighted by atomic mass is 10.2. The molecule has 0 aliphatic heterocycles. The van der Waals surface area contributed by atoms with E-state index in [2.05, 4.69) is 20.9 Å². The van der Waals surface area contributed by atoms with Crippen LogP contribution in [-0.4, -0.2) is 31.6 Å². The minimum atomic E-state index is -0.133. The van der Waals surface area contributed by atoms with Crippen LogP contribution in [0.5, 0.6) is 5.75 Å². The summed E-state index contributed by atoms with van der Waals surface area (Å²) in [6, 6.07) is 15.3. The molecule has 2 aromatic carbocycles. The van der Waals surface area contributed by atoms with Gasteiger partial charge in [-0.05, 0) is 49.2 Å². The molecule has 0 saturated heterocycles. The number of ether oxygens (including phenoxy) is 1. The number of hydrogen-bond acceptors (Lipinski definition) is 3. The van der Waals surface area contributed by atoms with Gasteiger partial charge in [0.05, 0.1) is 6.54 Å². The summed E-state index contributed by atoms with van der Waals surface area (Å²) in [6.45, 7) is 6.41. The fourth-order valence-corrected chi connectivity index (χ4v) is 2.56. The lowest BCUT2D eigenvalue weighted by Gasteiger charge is -2.12. The second-order valence-electron chi connectivity index (χ2n) is 6.06. The van der Waals surface area contributed by atoms with Gasteiger partial charge in [0.15, 0.2) is 12.6 Å². The summed E-state index contributed by atoms with van der Waals surface area (Å²) in [5.41, 5.74) is 2.12. The third kappa shape index (κ3) is 9.85. The molecule has 158 valence electrons. The molecule has 0 aliphatic rings. The van der Waals surface area contributed by atoms with Gasteiger partial charge in [-0.3, -0.25) is 4.79 Å². The van der Waals surface area contributed by atoms with E-state index in [1.54, 1.807) is 0 Å². The maximum absolute atomic E-state index is 11.5. The quantitative estimate of drug-likeness (QED) is 0.262. The van der Waals surface area contributed by atoms with E-state index in [0.717, 1.165) is 28.7 Å². The van der Waals surface area contributed by atoms with Crippen LogP contribution in [0.1, 0.15) is 25.0 Å². The Morgan fingerprint density at radius 1 is 1.00 bits per heavy atom. The van der Waals surface area contributed by atoms with Crippen molar-refractivity contribution in [3.8, 4) is 5.75 Å². The first-order chi connectivity index (χ1) is 13.6. The van der Waals surface area contributed by atoms with Crippen LogP contribution >= 0.6 is 35.6 Å². The minimum absolute atomic E-state index is 0. The van der Waals surface area contributed by atoms with Crippen LogP contribution in [0.4, 0.5) is 0 Å². The van der Waals surface area contributed by atoms with Crippen LogP contribution in [0.2, 0.25) is 5.02 Å². The Morgan fingerprint density at radius 2 is 1.72 bits per heavy atom. The maximum Gasteiger partial charge on any atom is 0.257 e. The van der Waals surface area contributed by atoms with Crippen molar-refractivity contribution in [1.29, 1.82) is 0 Å². The van der Waals surface area contributed by atoms with Crippen LogP contribution in [0.25, 0.3) is 0 Å². The zero-order valence-corrected chi connectivity index (χ0v) is 19.8. The van der Waals surface area contributed by atoms with Crippen molar-refractivity contribution in [2.45, 2.75) is 26.9 Å². The van der Waals surface area contributed by atoms with Crippen molar-refractivity contribution < 1.29 is 9.53 Å². The predicted molar refractivity (Wildman–Crippen MR) is 129 cm³/mol. The first-order valence-corrected chi connectivity index (χ1v) is 9.73. The topological polar surface area (TPSA) is 74.8 Å². The molecule has 2 rings (SSSR count). The molecule has 0 aliphatic carbocycles. The fourth-order valence-electron chi connectivity index (χ4n) is 2.43. The highest BCUT2D eigenvalue weighted by atomic mass is 127. The number of hydrogen-bond donors (Lipinski definition) is 3. The van der Waals surface area contributed by atoms with E-state index in [1.807, 2.05) is 62.4 Å². The number of halogens is 2. The van der Waals surface area contributed by atoms with Gasteiger partial charge < -0.3 is 20.7 Å². The Labute approximate surface area is 194 Å². The molecule has 6 nitrogen and oxygen atoms in total. The zero-order chi connectivity index (χ0) is 20.2. The van der Waals surface area contributed by atoms with Crippen molar-refractivity contribution in [3.05, 3.63) is 64.7 Å². The Kier molecular flexibility index (Phi) is 12.1. The Balaban J connectivity index is 0.00000420. The summed E-state index contributed by atoms with van der Waals surface area (Å²) in [6.07, 6.45) is 0. The average molecular weight is 531 g/mol. The lowest BCUT2D eigenvalue weighted by molar-refractivity contribution is -0.122. The van der Waals surface area contributed by atoms with Crippen LogP contribution < -0.4 is 20.7 Å². The van der Waals surface area contributed by atoms with Crippen molar-refractivity contribution in [2.24, 2.45) is 4.99 Å². The van der Waals surface area contributed by atoms with Crippen LogP contribution in [0.15, 0.2) is 53.5 Å². The molecule has 0 aromatic heterocycles. The molecule has 0 saturated carbocycles. The summed E-state index contributed by atoms with van der Waals surface area (Å²) in [5.74, 6) is 1.25. The number of likely N-dealkylation sites (N-methyl/N-ethyl adjacent to an activating group) is 1. The third-order valence-electron chi connectivity index (χ3n) is 3.78. The normalized spacial score (nSPS) is 10.7. The minimum Gasteiger partial charge on any atom is -0.484 e. The van der Waals surface area contributed by atoms with Gasteiger partial charge in [0.2, 0.25) is 0 Å². The summed E-state index contributed by atoms with van der Waals surface area (Å²) in [7, 11) is 0. The number of nitrogens with one attached hydrogen (secondary N) is 3. The Hall–Kier alpha value is -2.00. The molecule has 0 atom stereocenters. The van der Waals surface area contributed by atoms with Gasteiger partial charge >= 0.3 is 0 Å². The van der Waals surface area contributed by atoms with E-state index in [0.29, 0.717) is 25.4 Å². The number of aliphatic imine (C=N–C) groups is 1. The van der Waals surface area contributed by atoms with Gasteiger partial charge in [0, 0.05) is 24.7 Å². The van der Waals surface area contributed by atoms with E-state index in [4.69, 9.17) is 16.3 Å². The van der Waals surface area contributed by atoms with Crippen LogP contribution in [-0.2, 0) is 17.9 Å². The first kappa shape index (κ1) is 25.0. The molecule has 0 spiro atoms. The number of benzene rings is 2. The smallest absolute Gasteiger partial charge is 0.257 e. The summed E-state index contributed by atoms with van der Waals surface area (Å²) < 4.78 is 5.53.